The molecule has 4 nitrogen and oxygen atoms in total. The highest BCUT2D eigenvalue weighted by atomic mass is 32.1. The quantitative estimate of drug-likeness (QED) is 0.881. The minimum atomic E-state index is -0.512. The third kappa shape index (κ3) is 2.83. The number of piperidine rings is 1. The lowest BCUT2D eigenvalue weighted by molar-refractivity contribution is -0.123. The van der Waals surface area contributed by atoms with E-state index in [2.05, 4.69) is 10.2 Å². The Kier molecular flexibility index (Phi) is 3.86. The van der Waals surface area contributed by atoms with Crippen LogP contribution in [0.5, 0.6) is 0 Å². The van der Waals surface area contributed by atoms with E-state index in [4.69, 9.17) is 5.73 Å². The third-order valence-electron chi connectivity index (χ3n) is 4.30. The molecule has 0 radical (unpaired) electrons. The van der Waals surface area contributed by atoms with Crippen molar-refractivity contribution >= 4 is 17.2 Å². The van der Waals surface area contributed by atoms with Gasteiger partial charge in [-0.3, -0.25) is 4.79 Å². The van der Waals surface area contributed by atoms with Crippen molar-refractivity contribution in [2.75, 3.05) is 13.1 Å². The summed E-state index contributed by atoms with van der Waals surface area (Å²) in [4.78, 5) is 15.7. The summed E-state index contributed by atoms with van der Waals surface area (Å²) in [6, 6.07) is 4.33. The Balaban J connectivity index is 1.55. The second-order valence-electron chi connectivity index (χ2n) is 5.56. The molecule has 2 aliphatic rings. The Morgan fingerprint density at radius 1 is 1.47 bits per heavy atom. The molecule has 1 aromatic rings. The zero-order chi connectivity index (χ0) is 13.2. The predicted molar refractivity (Wildman–Crippen MR) is 77.0 cm³/mol. The molecule has 0 aliphatic carbocycles. The molecule has 5 heteroatoms. The molecule has 104 valence electrons. The van der Waals surface area contributed by atoms with Gasteiger partial charge in [-0.2, -0.15) is 0 Å². The van der Waals surface area contributed by atoms with E-state index in [9.17, 15) is 4.79 Å². The molecule has 2 aliphatic heterocycles. The van der Waals surface area contributed by atoms with Gasteiger partial charge in [0.2, 0.25) is 5.91 Å². The van der Waals surface area contributed by atoms with E-state index in [1.165, 1.54) is 19.4 Å². The molecule has 3 atom stereocenters. The average molecular weight is 279 g/mol. The molecule has 1 amide bonds. The molecule has 1 aromatic heterocycles. The average Bonchev–Trinajstić information content (AvgIpc) is 3.08. The summed E-state index contributed by atoms with van der Waals surface area (Å²) in [6.45, 7) is 2.35. The molecule has 3 unspecified atom stereocenters. The van der Waals surface area contributed by atoms with Crippen molar-refractivity contribution in [2.24, 2.45) is 5.73 Å². The Labute approximate surface area is 118 Å². The number of carbonyl (C=O) groups is 1. The molecular weight excluding hydrogens is 258 g/mol. The lowest BCUT2D eigenvalue weighted by atomic mass is 9.97. The van der Waals surface area contributed by atoms with Crippen LogP contribution in [0.2, 0.25) is 0 Å². The van der Waals surface area contributed by atoms with Crippen molar-refractivity contribution in [1.29, 1.82) is 0 Å². The van der Waals surface area contributed by atoms with E-state index in [1.54, 1.807) is 11.3 Å². The van der Waals surface area contributed by atoms with Crippen LogP contribution in [0.1, 0.15) is 36.6 Å². The van der Waals surface area contributed by atoms with Crippen LogP contribution in [-0.2, 0) is 4.79 Å². The van der Waals surface area contributed by atoms with Crippen molar-refractivity contribution in [3.05, 3.63) is 22.4 Å². The van der Waals surface area contributed by atoms with Crippen LogP contribution in [0.15, 0.2) is 17.5 Å². The van der Waals surface area contributed by atoms with E-state index >= 15 is 0 Å². The molecular formula is C14H21N3OS. The highest BCUT2D eigenvalue weighted by Crippen LogP contribution is 2.27. The van der Waals surface area contributed by atoms with Gasteiger partial charge in [-0.25, -0.2) is 0 Å². The standard InChI is InChI=1S/C14H21N3OS/c15-13(12-4-2-8-19-12)14(18)16-10-5-7-17-6-1-3-11(17)9-10/h2,4,8,10-11,13H,1,3,5-7,9,15H2,(H,16,18). The van der Waals surface area contributed by atoms with Crippen molar-refractivity contribution in [3.8, 4) is 0 Å². The Morgan fingerprint density at radius 3 is 3.16 bits per heavy atom. The second kappa shape index (κ2) is 5.61. The van der Waals surface area contributed by atoms with Gasteiger partial charge >= 0.3 is 0 Å². The van der Waals surface area contributed by atoms with Crippen LogP contribution in [0.25, 0.3) is 0 Å². The van der Waals surface area contributed by atoms with E-state index in [1.807, 2.05) is 17.5 Å². The molecule has 3 N–H and O–H groups in total. The SMILES string of the molecule is NC(C(=O)NC1CCN2CCCC2C1)c1cccs1. The maximum absolute atomic E-state index is 12.2. The van der Waals surface area contributed by atoms with E-state index in [0.29, 0.717) is 12.1 Å². The number of hydrogen-bond acceptors (Lipinski definition) is 4. The molecule has 0 bridgehead atoms. The Hall–Kier alpha value is -0.910. The maximum atomic E-state index is 12.2. The van der Waals surface area contributed by atoms with E-state index < -0.39 is 6.04 Å². The number of fused-ring (bicyclic) bond motifs is 1. The van der Waals surface area contributed by atoms with Crippen LogP contribution >= 0.6 is 11.3 Å². The van der Waals surface area contributed by atoms with Crippen molar-refractivity contribution in [2.45, 2.75) is 43.8 Å². The van der Waals surface area contributed by atoms with Gasteiger partial charge in [-0.1, -0.05) is 6.07 Å². The highest BCUT2D eigenvalue weighted by molar-refractivity contribution is 7.10. The summed E-state index contributed by atoms with van der Waals surface area (Å²) in [6.07, 6.45) is 4.73. The fraction of sp³-hybridized carbons (Fsp3) is 0.643. The van der Waals surface area contributed by atoms with Gasteiger partial charge in [0.1, 0.15) is 6.04 Å². The number of amides is 1. The zero-order valence-corrected chi connectivity index (χ0v) is 11.9. The first-order valence-corrected chi connectivity index (χ1v) is 7.95. The normalized spacial score (nSPS) is 28.9. The summed E-state index contributed by atoms with van der Waals surface area (Å²) < 4.78 is 0. The van der Waals surface area contributed by atoms with E-state index in [0.717, 1.165) is 24.3 Å². The second-order valence-corrected chi connectivity index (χ2v) is 6.53. The van der Waals surface area contributed by atoms with E-state index in [-0.39, 0.29) is 5.91 Å². The van der Waals surface area contributed by atoms with Crippen molar-refractivity contribution in [1.82, 2.24) is 10.2 Å². The van der Waals surface area contributed by atoms with Gasteiger partial charge in [0.05, 0.1) is 0 Å². The monoisotopic (exact) mass is 279 g/mol. The third-order valence-corrected chi connectivity index (χ3v) is 5.25. The van der Waals surface area contributed by atoms with Crippen LogP contribution in [0, 0.1) is 0 Å². The summed E-state index contributed by atoms with van der Waals surface area (Å²) in [5.41, 5.74) is 5.99. The first-order chi connectivity index (χ1) is 9.24. The Morgan fingerprint density at radius 2 is 2.37 bits per heavy atom. The molecule has 0 aromatic carbocycles. The van der Waals surface area contributed by atoms with Gasteiger partial charge in [-0.05, 0) is 43.7 Å². The predicted octanol–water partition coefficient (Wildman–Crippen LogP) is 1.49. The number of thiophene rings is 1. The van der Waals surface area contributed by atoms with Crippen molar-refractivity contribution in [3.63, 3.8) is 0 Å². The van der Waals surface area contributed by atoms with Gasteiger partial charge in [0.25, 0.3) is 0 Å². The number of nitrogens with two attached hydrogens (primary N) is 1. The number of rotatable bonds is 3. The first kappa shape index (κ1) is 13.1. The largest absolute Gasteiger partial charge is 0.352 e. The van der Waals surface area contributed by atoms with Gasteiger partial charge < -0.3 is 16.0 Å². The molecule has 3 rings (SSSR count). The molecule has 2 fully saturated rings. The number of carbonyl (C=O) groups excluding carboxylic acids is 1. The van der Waals surface area contributed by atoms with Crippen LogP contribution in [0.3, 0.4) is 0 Å². The van der Waals surface area contributed by atoms with Gasteiger partial charge in [0, 0.05) is 23.5 Å². The fourth-order valence-electron chi connectivity index (χ4n) is 3.24. The lowest BCUT2D eigenvalue weighted by Gasteiger charge is -2.35. The van der Waals surface area contributed by atoms with Crippen LogP contribution in [-0.4, -0.2) is 36.0 Å². The molecule has 3 heterocycles. The summed E-state index contributed by atoms with van der Waals surface area (Å²) in [7, 11) is 0. The maximum Gasteiger partial charge on any atom is 0.242 e. The Bertz CT molecular complexity index is 434. The van der Waals surface area contributed by atoms with Gasteiger partial charge in [-0.15, -0.1) is 11.3 Å². The number of nitrogens with zero attached hydrogens (tertiary/aromatic N) is 1. The van der Waals surface area contributed by atoms with Gasteiger partial charge in [0.15, 0.2) is 0 Å². The summed E-state index contributed by atoms with van der Waals surface area (Å²) in [5.74, 6) is -0.0288. The minimum Gasteiger partial charge on any atom is -0.352 e. The summed E-state index contributed by atoms with van der Waals surface area (Å²) >= 11 is 1.54. The van der Waals surface area contributed by atoms with Crippen LogP contribution in [0.4, 0.5) is 0 Å². The lowest BCUT2D eigenvalue weighted by Crippen LogP contribution is -2.49. The molecule has 0 spiro atoms. The highest BCUT2D eigenvalue weighted by Gasteiger charge is 2.32. The molecule has 19 heavy (non-hydrogen) atoms. The fourth-order valence-corrected chi connectivity index (χ4v) is 3.97. The summed E-state index contributed by atoms with van der Waals surface area (Å²) in [5, 5.41) is 5.09. The number of nitrogens with one attached hydrogen (secondary N) is 1. The van der Waals surface area contributed by atoms with Crippen molar-refractivity contribution < 1.29 is 4.79 Å². The van der Waals surface area contributed by atoms with Crippen LogP contribution < -0.4 is 11.1 Å². The minimum absolute atomic E-state index is 0.0288. The first-order valence-electron chi connectivity index (χ1n) is 7.07. The topological polar surface area (TPSA) is 58.4 Å². The zero-order valence-electron chi connectivity index (χ0n) is 11.0. The number of hydrogen-bond donors (Lipinski definition) is 2. The molecule has 2 saturated heterocycles. The smallest absolute Gasteiger partial charge is 0.242 e. The molecule has 0 saturated carbocycles.